The molecule has 0 saturated heterocycles. The number of carbonyl (C=O) groups is 1. The molecule has 4 heteroatoms. The zero-order chi connectivity index (χ0) is 50.6. The van der Waals surface area contributed by atoms with E-state index in [0.29, 0.717) is 6.42 Å². The number of amides is 1. The first kappa shape index (κ1) is 67.8. The SMILES string of the molecule is CC/C=C\C/C=C\C/C=C\C/C=C\CCCCCCCCCCCCCCC(=O)NC(CO)C(O)/C=C/CC/C=C/CCCCCCCCCCCCCCCCCCCCCCCCCCCCC. The highest BCUT2D eigenvalue weighted by molar-refractivity contribution is 5.76. The molecule has 408 valence electrons. The third-order valence-electron chi connectivity index (χ3n) is 14.2. The van der Waals surface area contributed by atoms with E-state index in [9.17, 15) is 15.0 Å². The number of nitrogens with one attached hydrogen (secondary N) is 1. The fourth-order valence-electron chi connectivity index (χ4n) is 9.48. The lowest BCUT2D eigenvalue weighted by Crippen LogP contribution is -2.45. The summed E-state index contributed by atoms with van der Waals surface area (Å²) in [5, 5.41) is 23.2. The molecule has 0 aliphatic rings. The molecule has 0 bridgehead atoms. The van der Waals surface area contributed by atoms with Crippen LogP contribution in [0.25, 0.3) is 0 Å². The van der Waals surface area contributed by atoms with Gasteiger partial charge in [0, 0.05) is 6.42 Å². The van der Waals surface area contributed by atoms with Gasteiger partial charge in [-0.05, 0) is 70.6 Å². The third kappa shape index (κ3) is 56.7. The summed E-state index contributed by atoms with van der Waals surface area (Å²) < 4.78 is 0. The van der Waals surface area contributed by atoms with Crippen molar-refractivity contribution in [1.29, 1.82) is 0 Å². The van der Waals surface area contributed by atoms with E-state index in [2.05, 4.69) is 79.9 Å². The molecule has 0 fully saturated rings. The Morgan fingerprint density at radius 1 is 0.357 bits per heavy atom. The van der Waals surface area contributed by atoms with Gasteiger partial charge >= 0.3 is 0 Å². The van der Waals surface area contributed by atoms with Crippen molar-refractivity contribution in [2.75, 3.05) is 6.61 Å². The average Bonchev–Trinajstić information content (AvgIpc) is 3.36. The molecule has 0 aromatic heterocycles. The second kappa shape index (κ2) is 61.1. The van der Waals surface area contributed by atoms with Gasteiger partial charge in [0.25, 0.3) is 0 Å². The second-order valence-corrected chi connectivity index (χ2v) is 21.1. The molecule has 0 rings (SSSR count). The third-order valence-corrected chi connectivity index (χ3v) is 14.2. The maximum Gasteiger partial charge on any atom is 0.220 e. The summed E-state index contributed by atoms with van der Waals surface area (Å²) in [7, 11) is 0. The van der Waals surface area contributed by atoms with Gasteiger partial charge in [0.1, 0.15) is 0 Å². The maximum absolute atomic E-state index is 12.5. The van der Waals surface area contributed by atoms with Crippen LogP contribution in [0.15, 0.2) is 72.9 Å². The second-order valence-electron chi connectivity index (χ2n) is 21.1. The Morgan fingerprint density at radius 3 is 1.00 bits per heavy atom. The predicted molar refractivity (Wildman–Crippen MR) is 313 cm³/mol. The molecule has 0 saturated carbocycles. The highest BCUT2D eigenvalue weighted by atomic mass is 16.3. The van der Waals surface area contributed by atoms with Crippen LogP contribution >= 0.6 is 0 Å². The minimum atomic E-state index is -0.868. The first-order valence-corrected chi connectivity index (χ1v) is 31.2. The zero-order valence-electron chi connectivity index (χ0n) is 47.0. The summed E-state index contributed by atoms with van der Waals surface area (Å²) in [5.74, 6) is -0.0749. The molecular formula is C66H121NO3. The van der Waals surface area contributed by atoms with E-state index in [1.807, 2.05) is 6.08 Å². The lowest BCUT2D eigenvalue weighted by Gasteiger charge is -2.19. The maximum atomic E-state index is 12.5. The summed E-state index contributed by atoms with van der Waals surface area (Å²) >= 11 is 0. The van der Waals surface area contributed by atoms with Gasteiger partial charge in [-0.1, -0.05) is 318 Å². The Morgan fingerprint density at radius 2 is 0.643 bits per heavy atom. The molecule has 0 aliphatic heterocycles. The smallest absolute Gasteiger partial charge is 0.220 e. The van der Waals surface area contributed by atoms with Gasteiger partial charge in [-0.25, -0.2) is 0 Å². The Labute approximate surface area is 438 Å². The monoisotopic (exact) mass is 976 g/mol. The van der Waals surface area contributed by atoms with Gasteiger partial charge in [-0.3, -0.25) is 4.79 Å². The van der Waals surface area contributed by atoms with Crippen LogP contribution in [0.3, 0.4) is 0 Å². The van der Waals surface area contributed by atoms with Crippen molar-refractivity contribution >= 4 is 5.91 Å². The fraction of sp³-hybridized carbons (Fsp3) is 0.803. The van der Waals surface area contributed by atoms with E-state index in [1.54, 1.807) is 6.08 Å². The van der Waals surface area contributed by atoms with Gasteiger partial charge in [0.05, 0.1) is 18.8 Å². The largest absolute Gasteiger partial charge is 0.394 e. The summed E-state index contributed by atoms with van der Waals surface area (Å²) in [6.07, 6.45) is 88.1. The van der Waals surface area contributed by atoms with E-state index < -0.39 is 12.1 Å². The highest BCUT2D eigenvalue weighted by Gasteiger charge is 2.18. The molecule has 0 spiro atoms. The molecule has 0 heterocycles. The van der Waals surface area contributed by atoms with Crippen molar-refractivity contribution in [3.63, 3.8) is 0 Å². The summed E-state index contributed by atoms with van der Waals surface area (Å²) in [5.41, 5.74) is 0. The molecule has 0 aromatic rings. The fourth-order valence-corrected chi connectivity index (χ4v) is 9.48. The zero-order valence-corrected chi connectivity index (χ0v) is 47.0. The Balaban J connectivity index is 3.50. The van der Waals surface area contributed by atoms with Crippen LogP contribution in [0.1, 0.15) is 322 Å². The van der Waals surface area contributed by atoms with Crippen LogP contribution in [0.4, 0.5) is 0 Å². The lowest BCUT2D eigenvalue weighted by molar-refractivity contribution is -0.123. The summed E-state index contributed by atoms with van der Waals surface area (Å²) in [6.45, 7) is 4.21. The normalized spacial score (nSPS) is 13.3. The Kier molecular flexibility index (Phi) is 59.2. The molecule has 0 aliphatic carbocycles. The highest BCUT2D eigenvalue weighted by Crippen LogP contribution is 2.18. The Hall–Kier alpha value is -2.17. The molecule has 1 amide bonds. The van der Waals surface area contributed by atoms with Crippen molar-refractivity contribution in [2.45, 2.75) is 334 Å². The topological polar surface area (TPSA) is 69.6 Å². The summed E-state index contributed by atoms with van der Waals surface area (Å²) in [4.78, 5) is 12.5. The number of hydrogen-bond acceptors (Lipinski definition) is 3. The molecule has 0 radical (unpaired) electrons. The molecule has 0 aromatic carbocycles. The van der Waals surface area contributed by atoms with E-state index >= 15 is 0 Å². The van der Waals surface area contributed by atoms with Crippen molar-refractivity contribution in [2.24, 2.45) is 0 Å². The number of unbranched alkanes of at least 4 members (excludes halogenated alkanes) is 40. The first-order chi connectivity index (χ1) is 34.7. The van der Waals surface area contributed by atoms with Crippen molar-refractivity contribution in [3.8, 4) is 0 Å². The van der Waals surface area contributed by atoms with E-state index in [1.165, 1.54) is 244 Å². The molecule has 2 unspecified atom stereocenters. The van der Waals surface area contributed by atoms with Crippen LogP contribution < -0.4 is 5.32 Å². The minimum absolute atomic E-state index is 0.0749. The van der Waals surface area contributed by atoms with E-state index in [-0.39, 0.29) is 12.5 Å². The molecule has 3 N–H and O–H groups in total. The molecule has 4 nitrogen and oxygen atoms in total. The van der Waals surface area contributed by atoms with Crippen LogP contribution in [-0.4, -0.2) is 34.9 Å². The molecular weight excluding hydrogens is 855 g/mol. The molecule has 2 atom stereocenters. The summed E-state index contributed by atoms with van der Waals surface area (Å²) in [6, 6.07) is -0.645. The standard InChI is InChI=1S/C66H121NO3/c1-3-5-7-9-11-13-15-17-19-21-23-25-27-29-30-31-32-33-34-35-36-38-39-41-43-45-47-49-51-53-55-57-59-61-65(69)64(63-68)67-66(70)62-60-58-56-54-52-50-48-46-44-42-40-37-28-26-24-22-20-18-16-14-12-10-8-6-4-2/h6,8,12,14,18,20,24,26,51,53,59,61,64-65,68-69H,3-5,7,9-11,13,15-17,19,21-23,25,27-50,52,54-58,60,62-63H2,1-2H3,(H,67,70)/b8-6-,14-12-,20-18-,26-24-,53-51+,61-59+. The number of carbonyl (C=O) groups excluding carboxylic acids is 1. The quantitative estimate of drug-likeness (QED) is 0.0420. The lowest BCUT2D eigenvalue weighted by atomic mass is 10.0. The van der Waals surface area contributed by atoms with Gasteiger partial charge in [0.15, 0.2) is 0 Å². The Bertz CT molecular complexity index is 1200. The van der Waals surface area contributed by atoms with Gasteiger partial charge in [-0.2, -0.15) is 0 Å². The number of hydrogen-bond donors (Lipinski definition) is 3. The van der Waals surface area contributed by atoms with Crippen LogP contribution in [0.2, 0.25) is 0 Å². The van der Waals surface area contributed by atoms with E-state index in [4.69, 9.17) is 0 Å². The van der Waals surface area contributed by atoms with Gasteiger partial charge in [-0.15, -0.1) is 0 Å². The minimum Gasteiger partial charge on any atom is -0.394 e. The number of aliphatic hydroxyl groups is 2. The first-order valence-electron chi connectivity index (χ1n) is 31.2. The van der Waals surface area contributed by atoms with Crippen LogP contribution in [0.5, 0.6) is 0 Å². The predicted octanol–water partition coefficient (Wildman–Crippen LogP) is 20.9. The number of aliphatic hydroxyl groups excluding tert-OH is 2. The van der Waals surface area contributed by atoms with Crippen LogP contribution in [0, 0.1) is 0 Å². The molecule has 70 heavy (non-hydrogen) atoms. The number of rotatable bonds is 57. The van der Waals surface area contributed by atoms with Crippen molar-refractivity contribution < 1.29 is 15.0 Å². The van der Waals surface area contributed by atoms with Crippen LogP contribution in [-0.2, 0) is 4.79 Å². The van der Waals surface area contributed by atoms with Crippen molar-refractivity contribution in [1.82, 2.24) is 5.32 Å². The number of allylic oxidation sites excluding steroid dienone is 11. The average molecular weight is 977 g/mol. The van der Waals surface area contributed by atoms with Gasteiger partial charge < -0.3 is 15.5 Å². The van der Waals surface area contributed by atoms with Gasteiger partial charge in [0.2, 0.25) is 5.91 Å². The van der Waals surface area contributed by atoms with E-state index in [0.717, 1.165) is 57.8 Å². The van der Waals surface area contributed by atoms with Crippen molar-refractivity contribution in [3.05, 3.63) is 72.9 Å².